The van der Waals surface area contributed by atoms with Crippen LogP contribution in [0.5, 0.6) is 5.75 Å². The van der Waals surface area contributed by atoms with Crippen molar-refractivity contribution in [1.29, 1.82) is 0 Å². The molecule has 2 heteroatoms. The Morgan fingerprint density at radius 3 is 2.27 bits per heavy atom. The van der Waals surface area contributed by atoms with E-state index in [1.807, 2.05) is 0 Å². The molecule has 1 saturated heterocycles. The Balaban J connectivity index is 2.03. The molecule has 0 atom stereocenters. The first-order valence-corrected chi connectivity index (χ1v) is 7.70. The van der Waals surface area contributed by atoms with Crippen LogP contribution in [0.3, 0.4) is 0 Å². The van der Waals surface area contributed by atoms with Gasteiger partial charge < -0.3 is 4.74 Å². The van der Waals surface area contributed by atoms with Crippen LogP contribution < -0.4 is 9.92 Å². The summed E-state index contributed by atoms with van der Waals surface area (Å²) in [5.74, 6) is 1.93. The first-order chi connectivity index (χ1) is 7.29. The molecule has 2 rings (SSSR count). The molecule has 1 nitrogen and oxygen atoms in total. The third-order valence-electron chi connectivity index (χ3n) is 3.38. The number of rotatable bonds is 2. The fourth-order valence-electron chi connectivity index (χ4n) is 2.23. The second-order valence-electron chi connectivity index (χ2n) is 4.51. The van der Waals surface area contributed by atoms with E-state index < -0.39 is 0 Å². The predicted octanol–water partition coefficient (Wildman–Crippen LogP) is 2.83. The zero-order chi connectivity index (χ0) is 10.7. The monoisotopic (exact) mass is 219 g/mol. The van der Waals surface area contributed by atoms with Crippen molar-refractivity contribution < 1.29 is 4.74 Å². The van der Waals surface area contributed by atoms with Crippen molar-refractivity contribution in [2.24, 2.45) is 5.92 Å². The highest BCUT2D eigenvalue weighted by atomic mass is 28.3. The minimum absolute atomic E-state index is 0.238. The molecule has 0 aliphatic carbocycles. The van der Waals surface area contributed by atoms with Crippen molar-refractivity contribution in [2.75, 3.05) is 7.11 Å². The summed E-state index contributed by atoms with van der Waals surface area (Å²) in [6.07, 6.45) is 2.86. The van der Waals surface area contributed by atoms with Crippen molar-refractivity contribution in [1.82, 2.24) is 0 Å². The summed E-state index contributed by atoms with van der Waals surface area (Å²) >= 11 is 0. The first kappa shape index (κ1) is 10.7. The van der Waals surface area contributed by atoms with E-state index in [1.165, 1.54) is 24.9 Å². The molecule has 0 saturated carbocycles. The van der Waals surface area contributed by atoms with Gasteiger partial charge in [-0.15, -0.1) is 0 Å². The summed E-state index contributed by atoms with van der Waals surface area (Å²) in [4.78, 5) is 0. The molecule has 1 aromatic carbocycles. The first-order valence-electron chi connectivity index (χ1n) is 5.78. The van der Waals surface area contributed by atoms with E-state index in [1.54, 1.807) is 12.3 Å². The number of ether oxygens (including phenoxy) is 1. The Morgan fingerprint density at radius 2 is 1.73 bits per heavy atom. The fourth-order valence-corrected chi connectivity index (χ4v) is 5.37. The van der Waals surface area contributed by atoms with Gasteiger partial charge in [0.1, 0.15) is 5.75 Å². The maximum absolute atomic E-state index is 5.18. The molecule has 1 heterocycles. The second-order valence-corrected chi connectivity index (χ2v) is 7.30. The van der Waals surface area contributed by atoms with Gasteiger partial charge >= 0.3 is 0 Å². The van der Waals surface area contributed by atoms with Gasteiger partial charge in [-0.1, -0.05) is 49.2 Å². The van der Waals surface area contributed by atoms with E-state index in [2.05, 4.69) is 31.2 Å². The molecule has 1 aromatic rings. The summed E-state index contributed by atoms with van der Waals surface area (Å²) < 4.78 is 5.18. The zero-order valence-electron chi connectivity index (χ0n) is 9.62. The molecule has 1 aliphatic heterocycles. The molecule has 1 radical (unpaired) electrons. The van der Waals surface area contributed by atoms with Gasteiger partial charge in [0.05, 0.1) is 15.9 Å². The highest BCUT2D eigenvalue weighted by Crippen LogP contribution is 2.24. The molecule has 0 unspecified atom stereocenters. The Kier molecular flexibility index (Phi) is 3.47. The lowest BCUT2D eigenvalue weighted by Gasteiger charge is -2.24. The van der Waals surface area contributed by atoms with Crippen molar-refractivity contribution in [3.63, 3.8) is 0 Å². The number of benzene rings is 1. The van der Waals surface area contributed by atoms with Crippen molar-refractivity contribution >= 4 is 14.0 Å². The summed E-state index contributed by atoms with van der Waals surface area (Å²) in [7, 11) is 1.49. The Morgan fingerprint density at radius 1 is 1.13 bits per heavy atom. The van der Waals surface area contributed by atoms with Gasteiger partial charge in [-0.05, 0) is 18.1 Å². The molecule has 0 N–H and O–H groups in total. The van der Waals surface area contributed by atoms with E-state index in [-0.39, 0.29) is 8.80 Å². The molecule has 81 valence electrons. The van der Waals surface area contributed by atoms with Crippen molar-refractivity contribution in [3.05, 3.63) is 24.3 Å². The largest absolute Gasteiger partial charge is 0.497 e. The van der Waals surface area contributed by atoms with Gasteiger partial charge in [0.2, 0.25) is 0 Å². The number of hydrogen-bond acceptors (Lipinski definition) is 1. The van der Waals surface area contributed by atoms with E-state index in [4.69, 9.17) is 4.74 Å². The Hall–Kier alpha value is -0.763. The highest BCUT2D eigenvalue weighted by molar-refractivity contribution is 6.73. The van der Waals surface area contributed by atoms with E-state index >= 15 is 0 Å². The van der Waals surface area contributed by atoms with Crippen LogP contribution in [0.1, 0.15) is 19.8 Å². The Labute approximate surface area is 94.1 Å². The van der Waals surface area contributed by atoms with E-state index in [0.717, 1.165) is 11.7 Å². The number of methoxy groups -OCH3 is 1. The Bertz CT molecular complexity index is 299. The minimum atomic E-state index is -0.238. The standard InChI is InChI=1S/C13H19OSi/c1-11-7-9-15(10-8-11)13-5-3-12(14-2)4-6-13/h3-6,11H,7-10H2,1-2H3. The van der Waals surface area contributed by atoms with Crippen LogP contribution in [0.4, 0.5) is 0 Å². The van der Waals surface area contributed by atoms with E-state index in [0.29, 0.717) is 0 Å². The smallest absolute Gasteiger partial charge is 0.118 e. The minimum Gasteiger partial charge on any atom is -0.497 e. The molecular formula is C13H19OSi. The van der Waals surface area contributed by atoms with E-state index in [9.17, 15) is 0 Å². The third kappa shape index (κ3) is 2.62. The summed E-state index contributed by atoms with van der Waals surface area (Å²) in [6, 6.07) is 11.7. The van der Waals surface area contributed by atoms with Crippen LogP contribution in [0.25, 0.3) is 0 Å². The number of hydrogen-bond donors (Lipinski definition) is 0. The summed E-state index contributed by atoms with van der Waals surface area (Å²) in [6.45, 7) is 2.38. The van der Waals surface area contributed by atoms with Crippen LogP contribution in [0.15, 0.2) is 24.3 Å². The maximum atomic E-state index is 5.18. The van der Waals surface area contributed by atoms with Gasteiger partial charge in [-0.2, -0.15) is 0 Å². The van der Waals surface area contributed by atoms with Gasteiger partial charge in [0.15, 0.2) is 0 Å². The topological polar surface area (TPSA) is 9.23 Å². The molecule has 0 aromatic heterocycles. The molecule has 15 heavy (non-hydrogen) atoms. The molecule has 1 aliphatic rings. The van der Waals surface area contributed by atoms with Crippen molar-refractivity contribution in [3.8, 4) is 5.75 Å². The average molecular weight is 219 g/mol. The van der Waals surface area contributed by atoms with Crippen LogP contribution in [0.2, 0.25) is 12.1 Å². The molecule has 1 fully saturated rings. The third-order valence-corrected chi connectivity index (χ3v) is 6.31. The average Bonchev–Trinajstić information content (AvgIpc) is 2.30. The molecule has 0 bridgehead atoms. The maximum Gasteiger partial charge on any atom is 0.118 e. The van der Waals surface area contributed by atoms with Gasteiger partial charge in [0.25, 0.3) is 0 Å². The summed E-state index contributed by atoms with van der Waals surface area (Å²) in [5, 5.41) is 1.59. The van der Waals surface area contributed by atoms with Gasteiger partial charge in [-0.3, -0.25) is 0 Å². The van der Waals surface area contributed by atoms with Crippen LogP contribution in [-0.2, 0) is 0 Å². The lowest BCUT2D eigenvalue weighted by atomic mass is 10.1. The fraction of sp³-hybridized carbons (Fsp3) is 0.538. The van der Waals surface area contributed by atoms with Crippen LogP contribution in [-0.4, -0.2) is 15.9 Å². The highest BCUT2D eigenvalue weighted by Gasteiger charge is 2.21. The predicted molar refractivity (Wildman–Crippen MR) is 66.4 cm³/mol. The molecular weight excluding hydrogens is 200 g/mol. The van der Waals surface area contributed by atoms with Crippen molar-refractivity contribution in [2.45, 2.75) is 31.9 Å². The SMILES string of the molecule is COc1ccc([Si]2CCC(C)CC2)cc1. The van der Waals surface area contributed by atoms with Gasteiger partial charge in [-0.25, -0.2) is 0 Å². The normalized spacial score (nSPS) is 19.1. The molecule has 0 amide bonds. The van der Waals surface area contributed by atoms with Crippen LogP contribution in [0, 0.1) is 5.92 Å². The quantitative estimate of drug-likeness (QED) is 0.695. The lowest BCUT2D eigenvalue weighted by Crippen LogP contribution is -2.33. The second kappa shape index (κ2) is 4.84. The molecule has 0 spiro atoms. The summed E-state index contributed by atoms with van der Waals surface area (Å²) in [5.41, 5.74) is 0. The van der Waals surface area contributed by atoms with Gasteiger partial charge in [0, 0.05) is 0 Å². The lowest BCUT2D eigenvalue weighted by molar-refractivity contribution is 0.415. The zero-order valence-corrected chi connectivity index (χ0v) is 10.6. The van der Waals surface area contributed by atoms with Crippen LogP contribution >= 0.6 is 0 Å².